The first-order chi connectivity index (χ1) is 13.4. The molecule has 28 heavy (non-hydrogen) atoms. The summed E-state index contributed by atoms with van der Waals surface area (Å²) in [6.45, 7) is 1.84. The molecule has 4 rings (SSSR count). The van der Waals surface area contributed by atoms with Crippen molar-refractivity contribution in [1.29, 1.82) is 0 Å². The molecule has 0 radical (unpaired) electrons. The Bertz CT molecular complexity index is 1260. The fourth-order valence-electron chi connectivity index (χ4n) is 3.06. The Morgan fingerprint density at radius 1 is 1.14 bits per heavy atom. The number of rotatable bonds is 3. The minimum atomic E-state index is -3.10. The minimum absolute atomic E-state index is 0.0274. The van der Waals surface area contributed by atoms with Gasteiger partial charge < -0.3 is 9.73 Å². The van der Waals surface area contributed by atoms with Gasteiger partial charge in [-0.2, -0.15) is 0 Å². The zero-order valence-electron chi connectivity index (χ0n) is 15.4. The number of fused-ring (bicyclic) bond motifs is 1. The third-order valence-corrected chi connectivity index (χ3v) is 5.53. The molecular formula is C22H19NO4S. The van der Waals surface area contributed by atoms with E-state index in [9.17, 15) is 13.2 Å². The Labute approximate surface area is 163 Å². The molecule has 2 heterocycles. The van der Waals surface area contributed by atoms with Gasteiger partial charge in [-0.25, -0.2) is 8.42 Å². The molecule has 142 valence electrons. The third kappa shape index (κ3) is 4.01. The Kier molecular flexibility index (Phi) is 4.80. The lowest BCUT2D eigenvalue weighted by Gasteiger charge is -2.21. The normalized spacial score (nSPS) is 14.3. The molecule has 1 fully saturated rings. The van der Waals surface area contributed by atoms with Crippen LogP contribution in [0.3, 0.4) is 0 Å². The highest BCUT2D eigenvalue weighted by atomic mass is 32.2. The van der Waals surface area contributed by atoms with Gasteiger partial charge in [-0.3, -0.25) is 4.79 Å². The predicted octanol–water partition coefficient (Wildman–Crippen LogP) is 2.58. The molecule has 0 unspecified atom stereocenters. The van der Waals surface area contributed by atoms with Crippen LogP contribution in [0, 0.1) is 17.8 Å². The van der Waals surface area contributed by atoms with E-state index in [2.05, 4.69) is 17.2 Å². The van der Waals surface area contributed by atoms with Gasteiger partial charge in [-0.1, -0.05) is 36.1 Å². The van der Waals surface area contributed by atoms with Crippen molar-refractivity contribution < 1.29 is 12.8 Å². The Morgan fingerprint density at radius 2 is 1.89 bits per heavy atom. The first-order valence-electron chi connectivity index (χ1n) is 8.94. The highest BCUT2D eigenvalue weighted by Gasteiger charge is 2.13. The van der Waals surface area contributed by atoms with Gasteiger partial charge in [0.05, 0.1) is 16.7 Å². The van der Waals surface area contributed by atoms with Gasteiger partial charge in [0, 0.05) is 30.8 Å². The summed E-state index contributed by atoms with van der Waals surface area (Å²) >= 11 is 0. The highest BCUT2D eigenvalue weighted by molar-refractivity contribution is 7.89. The van der Waals surface area contributed by atoms with E-state index in [1.54, 1.807) is 36.4 Å². The fraction of sp³-hybridized carbons (Fsp3) is 0.227. The van der Waals surface area contributed by atoms with Gasteiger partial charge in [0.15, 0.2) is 15.3 Å². The van der Waals surface area contributed by atoms with Crippen molar-refractivity contribution in [2.45, 2.75) is 5.75 Å². The van der Waals surface area contributed by atoms with E-state index in [1.165, 1.54) is 12.5 Å². The van der Waals surface area contributed by atoms with Gasteiger partial charge in [0.2, 0.25) is 0 Å². The second kappa shape index (κ2) is 7.27. The first kappa shape index (κ1) is 18.5. The standard InChI is InChI=1S/C22H19NO4S/c1-28(25,26)14-16-4-7-18(8-5-16)20-13-27-21-10-15(2-3-17-11-23-12-17)6-9-19(21)22(20)24/h4-10,13,17,23H,11-12,14H2,1H3. The summed E-state index contributed by atoms with van der Waals surface area (Å²) in [5.74, 6) is 6.68. The molecule has 2 aromatic carbocycles. The quantitative estimate of drug-likeness (QED) is 0.692. The highest BCUT2D eigenvalue weighted by Crippen LogP contribution is 2.21. The van der Waals surface area contributed by atoms with Gasteiger partial charge in [-0.15, -0.1) is 0 Å². The van der Waals surface area contributed by atoms with Crippen molar-refractivity contribution in [3.05, 3.63) is 70.1 Å². The third-order valence-electron chi connectivity index (χ3n) is 4.67. The molecule has 0 aliphatic carbocycles. The average molecular weight is 393 g/mol. The summed E-state index contributed by atoms with van der Waals surface area (Å²) in [5.41, 5.74) is 3.01. The fourth-order valence-corrected chi connectivity index (χ4v) is 3.86. The van der Waals surface area contributed by atoms with Crippen molar-refractivity contribution in [2.75, 3.05) is 19.3 Å². The number of benzene rings is 2. The molecule has 1 aliphatic rings. The smallest absolute Gasteiger partial charge is 0.200 e. The summed E-state index contributed by atoms with van der Waals surface area (Å²) < 4.78 is 28.5. The monoisotopic (exact) mass is 393 g/mol. The zero-order valence-corrected chi connectivity index (χ0v) is 16.2. The molecule has 1 N–H and O–H groups in total. The maximum absolute atomic E-state index is 12.9. The summed E-state index contributed by atoms with van der Waals surface area (Å²) in [5, 5.41) is 3.67. The van der Waals surface area contributed by atoms with E-state index in [1.807, 2.05) is 6.07 Å². The van der Waals surface area contributed by atoms with E-state index in [0.29, 0.717) is 33.6 Å². The number of hydrogen-bond acceptors (Lipinski definition) is 5. The van der Waals surface area contributed by atoms with Crippen LogP contribution in [0.4, 0.5) is 0 Å². The molecule has 6 heteroatoms. The van der Waals surface area contributed by atoms with E-state index in [0.717, 1.165) is 18.7 Å². The molecule has 3 aromatic rings. The maximum Gasteiger partial charge on any atom is 0.200 e. The Hall–Kier alpha value is -2.88. The predicted molar refractivity (Wildman–Crippen MR) is 110 cm³/mol. The van der Waals surface area contributed by atoms with E-state index in [-0.39, 0.29) is 11.2 Å². The molecular weight excluding hydrogens is 374 g/mol. The summed E-state index contributed by atoms with van der Waals surface area (Å²) in [6.07, 6.45) is 2.64. The lowest BCUT2D eigenvalue weighted by atomic mass is 10.0. The maximum atomic E-state index is 12.9. The van der Waals surface area contributed by atoms with Crippen molar-refractivity contribution in [2.24, 2.45) is 5.92 Å². The van der Waals surface area contributed by atoms with Crippen molar-refractivity contribution in [1.82, 2.24) is 5.32 Å². The topological polar surface area (TPSA) is 76.4 Å². The average Bonchev–Trinajstić information content (AvgIpc) is 2.60. The van der Waals surface area contributed by atoms with Gasteiger partial charge in [0.1, 0.15) is 11.8 Å². The number of sulfone groups is 1. The van der Waals surface area contributed by atoms with Crippen molar-refractivity contribution >= 4 is 20.8 Å². The summed E-state index contributed by atoms with van der Waals surface area (Å²) in [4.78, 5) is 12.9. The van der Waals surface area contributed by atoms with Crippen molar-refractivity contribution in [3.63, 3.8) is 0 Å². The molecule has 0 spiro atoms. The minimum Gasteiger partial charge on any atom is -0.463 e. The molecule has 0 bridgehead atoms. The summed E-state index contributed by atoms with van der Waals surface area (Å²) in [7, 11) is -3.10. The molecule has 5 nitrogen and oxygen atoms in total. The molecule has 1 aliphatic heterocycles. The lowest BCUT2D eigenvalue weighted by molar-refractivity contribution is 0.432. The van der Waals surface area contributed by atoms with Crippen LogP contribution in [0.2, 0.25) is 0 Å². The van der Waals surface area contributed by atoms with Gasteiger partial charge in [-0.05, 0) is 29.3 Å². The van der Waals surface area contributed by atoms with Crippen LogP contribution in [-0.2, 0) is 15.6 Å². The van der Waals surface area contributed by atoms with Crippen LogP contribution in [0.1, 0.15) is 11.1 Å². The van der Waals surface area contributed by atoms with Crippen LogP contribution in [0.5, 0.6) is 0 Å². The zero-order chi connectivity index (χ0) is 19.7. The number of nitrogens with one attached hydrogen (secondary N) is 1. The lowest BCUT2D eigenvalue weighted by Crippen LogP contribution is -2.40. The SMILES string of the molecule is CS(=O)(=O)Cc1ccc(-c2coc3cc(C#CC4CNC4)ccc3c2=O)cc1. The Balaban J connectivity index is 1.65. The van der Waals surface area contributed by atoms with Crippen LogP contribution >= 0.6 is 0 Å². The van der Waals surface area contributed by atoms with E-state index in [4.69, 9.17) is 4.42 Å². The Morgan fingerprint density at radius 3 is 2.54 bits per heavy atom. The largest absolute Gasteiger partial charge is 0.463 e. The molecule has 0 saturated carbocycles. The van der Waals surface area contributed by atoms with E-state index >= 15 is 0 Å². The molecule has 1 saturated heterocycles. The van der Waals surface area contributed by atoms with Crippen LogP contribution < -0.4 is 10.7 Å². The number of hydrogen-bond donors (Lipinski definition) is 1. The van der Waals surface area contributed by atoms with Crippen molar-refractivity contribution in [3.8, 4) is 23.0 Å². The second-order valence-electron chi connectivity index (χ2n) is 7.08. The molecule has 1 aromatic heterocycles. The molecule has 0 atom stereocenters. The van der Waals surface area contributed by atoms with Gasteiger partial charge >= 0.3 is 0 Å². The summed E-state index contributed by atoms with van der Waals surface area (Å²) in [6, 6.07) is 12.3. The van der Waals surface area contributed by atoms with Gasteiger partial charge in [0.25, 0.3) is 0 Å². The second-order valence-corrected chi connectivity index (χ2v) is 9.22. The van der Waals surface area contributed by atoms with E-state index < -0.39 is 9.84 Å². The van der Waals surface area contributed by atoms with Crippen LogP contribution in [-0.4, -0.2) is 27.8 Å². The van der Waals surface area contributed by atoms with Crippen LogP contribution in [0.25, 0.3) is 22.1 Å². The first-order valence-corrected chi connectivity index (χ1v) is 11.0. The molecule has 0 amide bonds. The van der Waals surface area contributed by atoms with Crippen LogP contribution in [0.15, 0.2) is 57.9 Å².